The monoisotopic (exact) mass is 397 g/mol. The van der Waals surface area contributed by atoms with E-state index in [1.165, 1.54) is 7.11 Å². The van der Waals surface area contributed by atoms with E-state index >= 15 is 0 Å². The van der Waals surface area contributed by atoms with Crippen molar-refractivity contribution in [2.24, 2.45) is 11.5 Å². The predicted octanol–water partition coefficient (Wildman–Crippen LogP) is 2.59. The number of nitrogens with two attached hydrogens (primary N) is 2. The van der Waals surface area contributed by atoms with Crippen molar-refractivity contribution in [1.82, 2.24) is 4.98 Å². The van der Waals surface area contributed by atoms with Crippen LogP contribution in [0.5, 0.6) is 11.6 Å². The maximum Gasteiger partial charge on any atom is 0.252 e. The quantitative estimate of drug-likeness (QED) is 0.630. The van der Waals surface area contributed by atoms with E-state index in [0.29, 0.717) is 33.9 Å². The van der Waals surface area contributed by atoms with Crippen LogP contribution in [0.2, 0.25) is 0 Å². The van der Waals surface area contributed by atoms with Crippen molar-refractivity contribution in [3.8, 4) is 11.6 Å². The van der Waals surface area contributed by atoms with Crippen LogP contribution in [0, 0.1) is 6.92 Å². The molecular formula is C21H23N3O5. The zero-order valence-electron chi connectivity index (χ0n) is 16.7. The van der Waals surface area contributed by atoms with Crippen LogP contribution in [0.1, 0.15) is 41.1 Å². The van der Waals surface area contributed by atoms with Gasteiger partial charge in [-0.05, 0) is 45.0 Å². The van der Waals surface area contributed by atoms with Crippen LogP contribution in [0.15, 0.2) is 34.9 Å². The predicted molar refractivity (Wildman–Crippen MR) is 107 cm³/mol. The number of ether oxygens (including phenoxy) is 2. The lowest BCUT2D eigenvalue weighted by Gasteiger charge is -2.25. The summed E-state index contributed by atoms with van der Waals surface area (Å²) in [7, 11) is 1.52. The van der Waals surface area contributed by atoms with Crippen molar-refractivity contribution in [3.05, 3.63) is 52.9 Å². The van der Waals surface area contributed by atoms with Crippen LogP contribution < -0.4 is 20.9 Å². The molecule has 2 aromatic heterocycles. The highest BCUT2D eigenvalue weighted by Crippen LogP contribution is 2.41. The molecule has 1 aromatic carbocycles. The molecule has 0 unspecified atom stereocenters. The molecule has 0 radical (unpaired) electrons. The number of fused-ring (bicyclic) bond motifs is 1. The number of furan rings is 1. The van der Waals surface area contributed by atoms with E-state index in [1.807, 2.05) is 6.07 Å². The normalized spacial score (nSPS) is 11.4. The van der Waals surface area contributed by atoms with Gasteiger partial charge < -0.3 is 25.4 Å². The molecular weight excluding hydrogens is 374 g/mol. The number of carbonyl (C=O) groups is 2. The first-order valence-electron chi connectivity index (χ1n) is 8.95. The van der Waals surface area contributed by atoms with Crippen LogP contribution in [-0.4, -0.2) is 23.9 Å². The molecule has 2 amide bonds. The summed E-state index contributed by atoms with van der Waals surface area (Å²) in [6.45, 7) is 5.10. The van der Waals surface area contributed by atoms with E-state index in [0.717, 1.165) is 5.56 Å². The van der Waals surface area contributed by atoms with E-state index in [9.17, 15) is 9.59 Å². The Bertz CT molecular complexity index is 1100. The van der Waals surface area contributed by atoms with Crippen molar-refractivity contribution in [2.75, 3.05) is 7.11 Å². The molecule has 3 aromatic rings. The van der Waals surface area contributed by atoms with Crippen molar-refractivity contribution >= 4 is 22.8 Å². The highest BCUT2D eigenvalue weighted by atomic mass is 16.5. The van der Waals surface area contributed by atoms with Gasteiger partial charge in [-0.25, -0.2) is 4.98 Å². The number of nitrogens with zero attached hydrogens (tertiary/aromatic N) is 1. The van der Waals surface area contributed by atoms with Crippen LogP contribution in [0.3, 0.4) is 0 Å². The first kappa shape index (κ1) is 20.2. The molecule has 152 valence electrons. The molecule has 0 bridgehead atoms. The Morgan fingerprint density at radius 2 is 1.93 bits per heavy atom. The number of carbonyl (C=O) groups excluding carboxylic acids is 2. The molecule has 0 aliphatic carbocycles. The molecule has 4 N–H and O–H groups in total. The lowest BCUT2D eigenvalue weighted by molar-refractivity contribution is -0.122. The van der Waals surface area contributed by atoms with Gasteiger partial charge in [0.05, 0.1) is 23.7 Å². The van der Waals surface area contributed by atoms with Gasteiger partial charge in [-0.3, -0.25) is 9.59 Å². The number of aromatic nitrogens is 1. The summed E-state index contributed by atoms with van der Waals surface area (Å²) in [4.78, 5) is 28.5. The van der Waals surface area contributed by atoms with Crippen LogP contribution >= 0.6 is 0 Å². The number of pyridine rings is 1. The van der Waals surface area contributed by atoms with Crippen LogP contribution in [0.4, 0.5) is 0 Å². The largest absolute Gasteiger partial charge is 0.488 e. The molecule has 0 atom stereocenters. The van der Waals surface area contributed by atoms with Crippen LogP contribution in [-0.2, 0) is 16.8 Å². The average molecular weight is 397 g/mol. The number of hydrogen-bond acceptors (Lipinski definition) is 6. The minimum Gasteiger partial charge on any atom is -0.488 e. The van der Waals surface area contributed by atoms with Crippen molar-refractivity contribution in [3.63, 3.8) is 0 Å². The second-order valence-corrected chi connectivity index (χ2v) is 7.16. The molecule has 2 heterocycles. The third kappa shape index (κ3) is 3.49. The fraction of sp³-hybridized carbons (Fsp3) is 0.286. The third-order valence-corrected chi connectivity index (χ3v) is 4.91. The lowest BCUT2D eigenvalue weighted by Crippen LogP contribution is -2.36. The molecule has 0 saturated heterocycles. The Morgan fingerprint density at radius 1 is 1.21 bits per heavy atom. The molecule has 0 aliphatic rings. The molecule has 0 saturated carbocycles. The first-order valence-corrected chi connectivity index (χ1v) is 8.95. The Hall–Kier alpha value is -3.55. The van der Waals surface area contributed by atoms with Gasteiger partial charge in [0.2, 0.25) is 11.8 Å². The van der Waals surface area contributed by atoms with E-state index < -0.39 is 17.2 Å². The Labute approximate surface area is 167 Å². The first-order chi connectivity index (χ1) is 13.7. The molecule has 0 fully saturated rings. The SMILES string of the molecule is COc1ncccc1COc1ccc2oc(C)c(C(N)=O)c2c1C(C)(C)C(N)=O. The van der Waals surface area contributed by atoms with E-state index in [2.05, 4.69) is 4.98 Å². The molecule has 8 heteroatoms. The third-order valence-electron chi connectivity index (χ3n) is 4.91. The summed E-state index contributed by atoms with van der Waals surface area (Å²) in [5, 5.41) is 0.425. The number of methoxy groups -OCH3 is 1. The number of aryl methyl sites for hydroxylation is 1. The standard InChI is InChI=1S/C21H23N3O5/c1-11-15(18(22)25)16-13(29-11)7-8-14(17(16)21(2,3)20(23)26)28-10-12-6-5-9-24-19(12)27-4/h5-9H,10H2,1-4H3,(H2,22,25)(H2,23,26). The zero-order chi connectivity index (χ0) is 21.3. The second kappa shape index (κ2) is 7.46. The van der Waals surface area contributed by atoms with E-state index in [-0.39, 0.29) is 12.2 Å². The summed E-state index contributed by atoms with van der Waals surface area (Å²) in [6, 6.07) is 6.94. The number of rotatable bonds is 7. The zero-order valence-corrected chi connectivity index (χ0v) is 16.7. The molecule has 3 rings (SSSR count). The summed E-state index contributed by atoms with van der Waals surface area (Å²) in [5.74, 6) is -0.0613. The summed E-state index contributed by atoms with van der Waals surface area (Å²) < 4.78 is 17.0. The van der Waals surface area contributed by atoms with Crippen molar-refractivity contribution in [2.45, 2.75) is 32.8 Å². The fourth-order valence-corrected chi connectivity index (χ4v) is 3.32. The Morgan fingerprint density at radius 3 is 2.55 bits per heavy atom. The van der Waals surface area contributed by atoms with Crippen molar-refractivity contribution < 1.29 is 23.5 Å². The van der Waals surface area contributed by atoms with Gasteiger partial charge in [0.1, 0.15) is 23.7 Å². The van der Waals surface area contributed by atoms with Gasteiger partial charge in [-0.1, -0.05) is 0 Å². The fourth-order valence-electron chi connectivity index (χ4n) is 3.32. The second-order valence-electron chi connectivity index (χ2n) is 7.16. The van der Waals surface area contributed by atoms with Crippen molar-refractivity contribution in [1.29, 1.82) is 0 Å². The van der Waals surface area contributed by atoms with E-state index in [1.54, 1.807) is 45.2 Å². The van der Waals surface area contributed by atoms with Gasteiger partial charge >= 0.3 is 0 Å². The average Bonchev–Trinajstić information content (AvgIpc) is 3.01. The molecule has 0 spiro atoms. The van der Waals surface area contributed by atoms with Gasteiger partial charge in [0.15, 0.2) is 0 Å². The number of benzene rings is 1. The minimum absolute atomic E-state index is 0.132. The number of primary amides is 2. The highest BCUT2D eigenvalue weighted by Gasteiger charge is 2.36. The molecule has 29 heavy (non-hydrogen) atoms. The van der Waals surface area contributed by atoms with Gasteiger partial charge in [-0.15, -0.1) is 0 Å². The lowest BCUT2D eigenvalue weighted by atomic mass is 9.80. The van der Waals surface area contributed by atoms with Gasteiger partial charge in [-0.2, -0.15) is 0 Å². The topological polar surface area (TPSA) is 131 Å². The minimum atomic E-state index is -1.16. The Kier molecular flexibility index (Phi) is 5.19. The smallest absolute Gasteiger partial charge is 0.252 e. The van der Waals surface area contributed by atoms with Gasteiger partial charge in [0.25, 0.3) is 5.91 Å². The Balaban J connectivity index is 2.20. The van der Waals surface area contributed by atoms with Crippen LogP contribution in [0.25, 0.3) is 11.0 Å². The number of amides is 2. The summed E-state index contributed by atoms with van der Waals surface area (Å²) in [6.07, 6.45) is 1.61. The summed E-state index contributed by atoms with van der Waals surface area (Å²) in [5.41, 5.74) is 11.9. The maximum atomic E-state index is 12.3. The maximum absolute atomic E-state index is 12.3. The molecule has 8 nitrogen and oxygen atoms in total. The number of hydrogen-bond donors (Lipinski definition) is 2. The van der Waals surface area contributed by atoms with Gasteiger partial charge in [0, 0.05) is 17.1 Å². The summed E-state index contributed by atoms with van der Waals surface area (Å²) >= 11 is 0. The van der Waals surface area contributed by atoms with E-state index in [4.69, 9.17) is 25.4 Å². The highest BCUT2D eigenvalue weighted by molar-refractivity contribution is 6.10. The molecule has 0 aliphatic heterocycles.